The van der Waals surface area contributed by atoms with Crippen molar-refractivity contribution in [3.05, 3.63) is 10.6 Å². The van der Waals surface area contributed by atoms with E-state index in [0.29, 0.717) is 6.04 Å². The Balaban J connectivity index is 1.83. The molecular formula is C14H23N3S. The maximum Gasteiger partial charge on any atom is 0.185 e. The number of rotatable bonds is 3. The van der Waals surface area contributed by atoms with Crippen molar-refractivity contribution in [2.24, 2.45) is 0 Å². The minimum atomic E-state index is 0.539. The summed E-state index contributed by atoms with van der Waals surface area (Å²) in [4.78, 5) is 8.82. The first-order valence-corrected chi connectivity index (χ1v) is 8.01. The minimum absolute atomic E-state index is 0.539. The Bertz CT molecular complexity index is 409. The molecule has 4 heteroatoms. The highest BCUT2D eigenvalue weighted by atomic mass is 32.1. The van der Waals surface area contributed by atoms with Gasteiger partial charge in [-0.25, -0.2) is 4.98 Å². The predicted octanol–water partition coefficient (Wildman–Crippen LogP) is 3.12. The van der Waals surface area contributed by atoms with Gasteiger partial charge in [-0.1, -0.05) is 24.2 Å². The fourth-order valence-corrected chi connectivity index (χ4v) is 4.57. The molecular weight excluding hydrogens is 242 g/mol. The fraction of sp³-hybridized carbons (Fsp3) is 0.786. The molecule has 1 heterocycles. The van der Waals surface area contributed by atoms with Crippen molar-refractivity contribution < 1.29 is 0 Å². The average Bonchev–Trinajstić information content (AvgIpc) is 3.05. The summed E-state index contributed by atoms with van der Waals surface area (Å²) < 4.78 is 0. The number of aromatic nitrogens is 1. The Labute approximate surface area is 114 Å². The summed E-state index contributed by atoms with van der Waals surface area (Å²) in [5.74, 6) is 0. The van der Waals surface area contributed by atoms with Crippen LogP contribution in [0.2, 0.25) is 0 Å². The molecule has 2 aliphatic carbocycles. The van der Waals surface area contributed by atoms with Crippen LogP contribution < -0.4 is 10.2 Å². The van der Waals surface area contributed by atoms with Crippen molar-refractivity contribution in [3.63, 3.8) is 0 Å². The van der Waals surface area contributed by atoms with Gasteiger partial charge in [0.15, 0.2) is 5.13 Å². The van der Waals surface area contributed by atoms with Gasteiger partial charge < -0.3 is 10.2 Å². The second kappa shape index (κ2) is 5.17. The summed E-state index contributed by atoms with van der Waals surface area (Å²) in [6.07, 6.45) is 9.17. The van der Waals surface area contributed by atoms with Crippen molar-refractivity contribution in [1.29, 1.82) is 0 Å². The molecule has 18 heavy (non-hydrogen) atoms. The molecule has 0 spiro atoms. The predicted molar refractivity (Wildman–Crippen MR) is 77.5 cm³/mol. The summed E-state index contributed by atoms with van der Waals surface area (Å²) in [7, 11) is 4.30. The van der Waals surface area contributed by atoms with E-state index in [4.69, 9.17) is 4.98 Å². The number of thiazole rings is 1. The third-order valence-corrected chi connectivity index (χ3v) is 5.76. The van der Waals surface area contributed by atoms with Crippen molar-refractivity contribution >= 4 is 16.5 Å². The molecule has 3 rings (SSSR count). The normalized spacial score (nSPS) is 24.2. The first-order chi connectivity index (χ1) is 8.79. The maximum atomic E-state index is 4.90. The highest BCUT2D eigenvalue weighted by Crippen LogP contribution is 2.38. The first kappa shape index (κ1) is 12.4. The minimum Gasteiger partial charge on any atom is -0.348 e. The van der Waals surface area contributed by atoms with Crippen molar-refractivity contribution in [1.82, 2.24) is 10.3 Å². The van der Waals surface area contributed by atoms with E-state index in [2.05, 4.69) is 24.3 Å². The Hall–Kier alpha value is -0.610. The van der Waals surface area contributed by atoms with Crippen LogP contribution in [-0.2, 0) is 6.42 Å². The number of nitrogens with one attached hydrogen (secondary N) is 1. The number of hydrogen-bond acceptors (Lipinski definition) is 4. The highest BCUT2D eigenvalue weighted by Gasteiger charge is 2.27. The summed E-state index contributed by atoms with van der Waals surface area (Å²) in [6, 6.07) is 1.27. The van der Waals surface area contributed by atoms with Crippen LogP contribution in [0.4, 0.5) is 5.13 Å². The van der Waals surface area contributed by atoms with Gasteiger partial charge in [0.1, 0.15) is 0 Å². The van der Waals surface area contributed by atoms with Crippen molar-refractivity contribution in [3.8, 4) is 0 Å². The highest BCUT2D eigenvalue weighted by molar-refractivity contribution is 7.15. The van der Waals surface area contributed by atoms with Crippen LogP contribution in [-0.4, -0.2) is 25.1 Å². The molecule has 3 nitrogen and oxygen atoms in total. The molecule has 0 radical (unpaired) electrons. The fourth-order valence-electron chi connectivity index (χ4n) is 3.28. The van der Waals surface area contributed by atoms with E-state index in [1.165, 1.54) is 60.6 Å². The zero-order chi connectivity index (χ0) is 12.5. The maximum absolute atomic E-state index is 4.90. The zero-order valence-electron chi connectivity index (χ0n) is 11.4. The Morgan fingerprint density at radius 1 is 1.22 bits per heavy atom. The number of hydrogen-bond donors (Lipinski definition) is 1. The molecule has 100 valence electrons. The zero-order valence-corrected chi connectivity index (χ0v) is 12.2. The summed E-state index contributed by atoms with van der Waals surface area (Å²) >= 11 is 1.92. The topological polar surface area (TPSA) is 28.2 Å². The van der Waals surface area contributed by atoms with Crippen LogP contribution in [0.1, 0.15) is 55.1 Å². The van der Waals surface area contributed by atoms with Gasteiger partial charge in [-0.05, 0) is 39.2 Å². The largest absolute Gasteiger partial charge is 0.348 e. The Morgan fingerprint density at radius 2 is 2.00 bits per heavy atom. The van der Waals surface area contributed by atoms with Gasteiger partial charge in [-0.3, -0.25) is 0 Å². The van der Waals surface area contributed by atoms with Crippen LogP contribution in [0.5, 0.6) is 0 Å². The molecule has 0 saturated heterocycles. The quantitative estimate of drug-likeness (QED) is 0.910. The van der Waals surface area contributed by atoms with Gasteiger partial charge in [-0.2, -0.15) is 0 Å². The van der Waals surface area contributed by atoms with Crippen LogP contribution in [0.3, 0.4) is 0 Å². The van der Waals surface area contributed by atoms with Crippen LogP contribution in [0.15, 0.2) is 0 Å². The number of nitrogens with zero attached hydrogens (tertiary/aromatic N) is 2. The van der Waals surface area contributed by atoms with E-state index in [0.717, 1.165) is 6.04 Å². The van der Waals surface area contributed by atoms with E-state index in [9.17, 15) is 0 Å². The standard InChI is InChI=1S/C14H23N3S/c1-15-11-8-5-9-12-13(11)18-14(16-12)17(2)10-6-3-4-7-10/h10-11,15H,3-9H2,1-2H3. The lowest BCUT2D eigenvalue weighted by Gasteiger charge is -2.23. The lowest BCUT2D eigenvalue weighted by molar-refractivity contribution is 0.501. The van der Waals surface area contributed by atoms with Crippen LogP contribution in [0, 0.1) is 0 Å². The molecule has 1 aromatic rings. The molecule has 2 aliphatic rings. The number of aryl methyl sites for hydroxylation is 1. The molecule has 1 fully saturated rings. The van der Waals surface area contributed by atoms with E-state index >= 15 is 0 Å². The van der Waals surface area contributed by atoms with Gasteiger partial charge in [0.25, 0.3) is 0 Å². The molecule has 0 aliphatic heterocycles. The molecule has 0 amide bonds. The summed E-state index contributed by atoms with van der Waals surface area (Å²) in [5, 5.41) is 4.68. The van der Waals surface area contributed by atoms with E-state index in [-0.39, 0.29) is 0 Å². The molecule has 1 saturated carbocycles. The molecule has 1 aromatic heterocycles. The van der Waals surface area contributed by atoms with Gasteiger partial charge in [0, 0.05) is 24.0 Å². The first-order valence-electron chi connectivity index (χ1n) is 7.19. The van der Waals surface area contributed by atoms with E-state index < -0.39 is 0 Å². The summed E-state index contributed by atoms with van der Waals surface area (Å²) in [5.41, 5.74) is 1.35. The van der Waals surface area contributed by atoms with Gasteiger partial charge in [-0.15, -0.1) is 0 Å². The number of anilines is 1. The molecule has 1 unspecified atom stereocenters. The lowest BCUT2D eigenvalue weighted by Crippen LogP contribution is -2.28. The van der Waals surface area contributed by atoms with Crippen molar-refractivity contribution in [2.45, 2.75) is 57.0 Å². The molecule has 0 aromatic carbocycles. The van der Waals surface area contributed by atoms with Crippen LogP contribution >= 0.6 is 11.3 Å². The third kappa shape index (κ3) is 2.16. The number of fused-ring (bicyclic) bond motifs is 1. The van der Waals surface area contributed by atoms with Gasteiger partial charge in [0.2, 0.25) is 0 Å². The third-order valence-electron chi connectivity index (χ3n) is 4.46. The molecule has 0 bridgehead atoms. The monoisotopic (exact) mass is 265 g/mol. The van der Waals surface area contributed by atoms with Crippen molar-refractivity contribution in [2.75, 3.05) is 19.0 Å². The second-order valence-electron chi connectivity index (χ2n) is 5.59. The molecule has 1 N–H and O–H groups in total. The smallest absolute Gasteiger partial charge is 0.185 e. The second-order valence-corrected chi connectivity index (χ2v) is 6.60. The van der Waals surface area contributed by atoms with Crippen LogP contribution in [0.25, 0.3) is 0 Å². The molecule has 1 atom stereocenters. The van der Waals surface area contributed by atoms with Gasteiger partial charge in [0.05, 0.1) is 5.69 Å². The van der Waals surface area contributed by atoms with Gasteiger partial charge >= 0.3 is 0 Å². The summed E-state index contributed by atoms with van der Waals surface area (Å²) in [6.45, 7) is 0. The SMILES string of the molecule is CNC1CCCc2nc(N(C)C3CCCC3)sc21. The lowest BCUT2D eigenvalue weighted by atomic mass is 9.98. The Kier molecular flexibility index (Phi) is 3.57. The van der Waals surface area contributed by atoms with E-state index in [1.54, 1.807) is 0 Å². The average molecular weight is 265 g/mol. The van der Waals surface area contributed by atoms with E-state index in [1.807, 2.05) is 11.3 Å². The Morgan fingerprint density at radius 3 is 2.72 bits per heavy atom.